The van der Waals surface area contributed by atoms with Crippen molar-refractivity contribution in [2.24, 2.45) is 5.92 Å². The van der Waals surface area contributed by atoms with Crippen molar-refractivity contribution >= 4 is 5.97 Å². The Kier molecular flexibility index (Phi) is 6.09. The van der Waals surface area contributed by atoms with E-state index in [0.717, 1.165) is 13.1 Å². The summed E-state index contributed by atoms with van der Waals surface area (Å²) in [6.45, 7) is 10.5. The molecule has 0 spiro atoms. The molecule has 1 heterocycles. The molecule has 18 heavy (non-hydrogen) atoms. The van der Waals surface area contributed by atoms with Crippen LogP contribution in [-0.4, -0.2) is 49.2 Å². The highest BCUT2D eigenvalue weighted by Gasteiger charge is 2.29. The number of hydrogen-bond acceptors (Lipinski definition) is 4. The smallest absolute Gasteiger partial charge is 0.324 e. The van der Waals surface area contributed by atoms with Crippen LogP contribution in [0.15, 0.2) is 0 Å². The monoisotopic (exact) mass is 256 g/mol. The Morgan fingerprint density at radius 2 is 2.11 bits per heavy atom. The number of ether oxygens (including phenoxy) is 1. The number of piperidine rings is 1. The molecule has 1 aliphatic heterocycles. The molecule has 0 saturated carbocycles. The highest BCUT2D eigenvalue weighted by atomic mass is 16.5. The molecule has 3 unspecified atom stereocenters. The minimum Gasteiger partial charge on any atom is -0.468 e. The largest absolute Gasteiger partial charge is 0.468 e. The molecule has 1 fully saturated rings. The minimum atomic E-state index is -0.220. The van der Waals surface area contributed by atoms with Crippen LogP contribution >= 0.6 is 0 Å². The van der Waals surface area contributed by atoms with E-state index in [0.29, 0.717) is 12.0 Å². The van der Waals surface area contributed by atoms with Gasteiger partial charge in [0.1, 0.15) is 6.04 Å². The molecule has 3 atom stereocenters. The van der Waals surface area contributed by atoms with Crippen LogP contribution in [0.1, 0.15) is 40.5 Å². The second kappa shape index (κ2) is 7.10. The molecule has 4 heteroatoms. The molecule has 1 saturated heterocycles. The SMILES string of the molecule is COC(=O)C(CN1CCCC(C)C1C)NC(C)C. The zero-order chi connectivity index (χ0) is 13.7. The number of methoxy groups -OCH3 is 1. The average molecular weight is 256 g/mol. The van der Waals surface area contributed by atoms with Crippen molar-refractivity contribution in [3.8, 4) is 0 Å². The zero-order valence-corrected chi connectivity index (χ0v) is 12.4. The summed E-state index contributed by atoms with van der Waals surface area (Å²) in [7, 11) is 1.46. The lowest BCUT2D eigenvalue weighted by Crippen LogP contribution is -2.53. The van der Waals surface area contributed by atoms with Crippen molar-refractivity contribution in [3.63, 3.8) is 0 Å². The molecule has 0 aromatic carbocycles. The van der Waals surface area contributed by atoms with Gasteiger partial charge in [0, 0.05) is 18.6 Å². The molecular formula is C14H28N2O2. The van der Waals surface area contributed by atoms with Gasteiger partial charge in [-0.25, -0.2) is 0 Å². The maximum absolute atomic E-state index is 11.8. The molecule has 0 radical (unpaired) electrons. The van der Waals surface area contributed by atoms with Crippen molar-refractivity contribution in [3.05, 3.63) is 0 Å². The van der Waals surface area contributed by atoms with Gasteiger partial charge in [0.25, 0.3) is 0 Å². The number of nitrogens with zero attached hydrogens (tertiary/aromatic N) is 1. The number of esters is 1. The summed E-state index contributed by atoms with van der Waals surface area (Å²) in [5.74, 6) is 0.547. The number of likely N-dealkylation sites (tertiary alicyclic amines) is 1. The molecular weight excluding hydrogens is 228 g/mol. The lowest BCUT2D eigenvalue weighted by atomic mass is 9.91. The second-order valence-electron chi connectivity index (χ2n) is 5.75. The lowest BCUT2D eigenvalue weighted by Gasteiger charge is -2.39. The maximum atomic E-state index is 11.8. The van der Waals surface area contributed by atoms with E-state index in [-0.39, 0.29) is 18.1 Å². The summed E-state index contributed by atoms with van der Waals surface area (Å²) in [5.41, 5.74) is 0. The summed E-state index contributed by atoms with van der Waals surface area (Å²) in [6.07, 6.45) is 2.51. The van der Waals surface area contributed by atoms with E-state index in [1.807, 2.05) is 0 Å². The van der Waals surface area contributed by atoms with E-state index < -0.39 is 0 Å². The van der Waals surface area contributed by atoms with Crippen LogP contribution in [0.2, 0.25) is 0 Å². The lowest BCUT2D eigenvalue weighted by molar-refractivity contribution is -0.144. The van der Waals surface area contributed by atoms with Gasteiger partial charge in [-0.2, -0.15) is 0 Å². The van der Waals surface area contributed by atoms with Crippen molar-refractivity contribution in [2.75, 3.05) is 20.2 Å². The Morgan fingerprint density at radius 1 is 1.44 bits per heavy atom. The van der Waals surface area contributed by atoms with Crippen LogP contribution in [0, 0.1) is 5.92 Å². The third kappa shape index (κ3) is 4.25. The summed E-state index contributed by atoms with van der Waals surface area (Å²) in [6, 6.07) is 0.606. The Labute approximate surface area is 111 Å². The van der Waals surface area contributed by atoms with Gasteiger partial charge < -0.3 is 10.1 Å². The van der Waals surface area contributed by atoms with Crippen LogP contribution in [0.5, 0.6) is 0 Å². The highest BCUT2D eigenvalue weighted by Crippen LogP contribution is 2.22. The van der Waals surface area contributed by atoms with E-state index in [1.165, 1.54) is 20.0 Å². The predicted molar refractivity (Wildman–Crippen MR) is 73.5 cm³/mol. The first kappa shape index (κ1) is 15.4. The standard InChI is InChI=1S/C14H28N2O2/c1-10(2)15-13(14(17)18-5)9-16-8-6-7-11(3)12(16)4/h10-13,15H,6-9H2,1-5H3. The molecule has 0 aromatic rings. The minimum absolute atomic E-state index is 0.158. The van der Waals surface area contributed by atoms with Gasteiger partial charge in [0.2, 0.25) is 0 Å². The van der Waals surface area contributed by atoms with Crippen LogP contribution in [0.25, 0.3) is 0 Å². The Hall–Kier alpha value is -0.610. The number of carbonyl (C=O) groups is 1. The Bertz CT molecular complexity index is 269. The first-order chi connectivity index (χ1) is 8.45. The molecule has 0 aromatic heterocycles. The van der Waals surface area contributed by atoms with Crippen molar-refractivity contribution in [1.82, 2.24) is 10.2 Å². The van der Waals surface area contributed by atoms with E-state index in [4.69, 9.17) is 4.74 Å². The average Bonchev–Trinajstić information content (AvgIpc) is 2.32. The summed E-state index contributed by atoms with van der Waals surface area (Å²) >= 11 is 0. The van der Waals surface area contributed by atoms with Crippen molar-refractivity contribution in [1.29, 1.82) is 0 Å². The topological polar surface area (TPSA) is 41.6 Å². The summed E-state index contributed by atoms with van der Waals surface area (Å²) in [4.78, 5) is 14.2. The third-order valence-corrected chi connectivity index (χ3v) is 3.94. The molecule has 106 valence electrons. The van der Waals surface area contributed by atoms with E-state index in [9.17, 15) is 4.79 Å². The number of rotatable bonds is 5. The van der Waals surface area contributed by atoms with Crippen LogP contribution < -0.4 is 5.32 Å². The van der Waals surface area contributed by atoms with E-state index >= 15 is 0 Å². The van der Waals surface area contributed by atoms with Crippen molar-refractivity contribution < 1.29 is 9.53 Å². The van der Waals surface area contributed by atoms with Gasteiger partial charge in [-0.05, 0) is 32.2 Å². The van der Waals surface area contributed by atoms with Gasteiger partial charge in [0.05, 0.1) is 7.11 Å². The fourth-order valence-corrected chi connectivity index (χ4v) is 2.65. The van der Waals surface area contributed by atoms with Crippen molar-refractivity contribution in [2.45, 2.75) is 58.7 Å². The van der Waals surface area contributed by atoms with Gasteiger partial charge in [-0.1, -0.05) is 20.8 Å². The molecule has 1 aliphatic rings. The predicted octanol–water partition coefficient (Wildman–Crippen LogP) is 1.65. The van der Waals surface area contributed by atoms with Gasteiger partial charge in [0.15, 0.2) is 0 Å². The molecule has 0 bridgehead atoms. The van der Waals surface area contributed by atoms with Gasteiger partial charge in [-0.3, -0.25) is 9.69 Å². The zero-order valence-electron chi connectivity index (χ0n) is 12.4. The summed E-state index contributed by atoms with van der Waals surface area (Å²) in [5, 5.41) is 3.30. The molecule has 0 amide bonds. The first-order valence-corrected chi connectivity index (χ1v) is 7.03. The Morgan fingerprint density at radius 3 is 2.67 bits per heavy atom. The normalized spacial score (nSPS) is 27.2. The van der Waals surface area contributed by atoms with Gasteiger partial charge in [-0.15, -0.1) is 0 Å². The van der Waals surface area contributed by atoms with E-state index in [2.05, 4.69) is 37.9 Å². The van der Waals surface area contributed by atoms with E-state index in [1.54, 1.807) is 0 Å². The number of carbonyl (C=O) groups excluding carboxylic acids is 1. The second-order valence-corrected chi connectivity index (χ2v) is 5.75. The summed E-state index contributed by atoms with van der Waals surface area (Å²) < 4.78 is 4.89. The fourth-order valence-electron chi connectivity index (χ4n) is 2.65. The Balaban J connectivity index is 2.61. The number of hydrogen-bond donors (Lipinski definition) is 1. The van der Waals surface area contributed by atoms with Gasteiger partial charge >= 0.3 is 5.97 Å². The molecule has 0 aliphatic carbocycles. The van der Waals surface area contributed by atoms with Crippen LogP contribution in [-0.2, 0) is 9.53 Å². The van der Waals surface area contributed by atoms with Crippen LogP contribution in [0.3, 0.4) is 0 Å². The molecule has 1 rings (SSSR count). The molecule has 4 nitrogen and oxygen atoms in total. The van der Waals surface area contributed by atoms with Crippen LogP contribution in [0.4, 0.5) is 0 Å². The third-order valence-electron chi connectivity index (χ3n) is 3.94. The highest BCUT2D eigenvalue weighted by molar-refractivity contribution is 5.76. The fraction of sp³-hybridized carbons (Fsp3) is 0.929. The maximum Gasteiger partial charge on any atom is 0.324 e. The number of nitrogens with one attached hydrogen (secondary N) is 1. The first-order valence-electron chi connectivity index (χ1n) is 7.03. The quantitative estimate of drug-likeness (QED) is 0.759. The molecule has 1 N–H and O–H groups in total.